The molecular formula is C25H23ClN4OS. The van der Waals surface area contributed by atoms with Crippen molar-refractivity contribution in [3.05, 3.63) is 95.3 Å². The zero-order valence-corrected chi connectivity index (χ0v) is 19.5. The normalized spacial score (nSPS) is 11.0. The summed E-state index contributed by atoms with van der Waals surface area (Å²) in [4.78, 5) is 13.1. The van der Waals surface area contributed by atoms with Crippen LogP contribution >= 0.6 is 23.4 Å². The molecule has 0 radical (unpaired) electrons. The maximum absolute atomic E-state index is 13.1. The van der Waals surface area contributed by atoms with Gasteiger partial charge in [0, 0.05) is 39.8 Å². The molecule has 0 aliphatic carbocycles. The van der Waals surface area contributed by atoms with Crippen molar-refractivity contribution in [1.82, 2.24) is 19.3 Å². The van der Waals surface area contributed by atoms with Crippen molar-refractivity contribution in [2.75, 3.05) is 5.75 Å². The molecule has 0 amide bonds. The number of nitrogens with zero attached hydrogens (tertiary/aromatic N) is 4. The van der Waals surface area contributed by atoms with Gasteiger partial charge in [-0.15, -0.1) is 16.8 Å². The maximum Gasteiger partial charge on any atom is 0.192 e. The zero-order chi connectivity index (χ0) is 22.7. The van der Waals surface area contributed by atoms with E-state index in [-0.39, 0.29) is 11.5 Å². The zero-order valence-electron chi connectivity index (χ0n) is 18.0. The predicted molar refractivity (Wildman–Crippen MR) is 131 cm³/mol. The van der Waals surface area contributed by atoms with Gasteiger partial charge in [0.2, 0.25) is 0 Å². The standard InChI is InChI=1S/C25H23ClN4OS/c1-4-14-29-24(19-10-12-20(26)13-11-19)27-28-25(29)32-16-23(31)22-15-17(2)30(18(22)3)21-8-6-5-7-9-21/h4-13,15H,1,14,16H2,2-3H3. The first-order chi connectivity index (χ1) is 15.5. The van der Waals surface area contributed by atoms with Crippen LogP contribution in [-0.2, 0) is 6.54 Å². The van der Waals surface area contributed by atoms with Gasteiger partial charge in [-0.25, -0.2) is 0 Å². The highest BCUT2D eigenvalue weighted by molar-refractivity contribution is 7.99. The van der Waals surface area contributed by atoms with Crippen molar-refractivity contribution in [2.45, 2.75) is 25.5 Å². The molecule has 0 aliphatic rings. The number of para-hydroxylation sites is 1. The highest BCUT2D eigenvalue weighted by Crippen LogP contribution is 2.27. The summed E-state index contributed by atoms with van der Waals surface area (Å²) in [5.41, 5.74) is 4.66. The Morgan fingerprint density at radius 1 is 1.09 bits per heavy atom. The van der Waals surface area contributed by atoms with Crippen LogP contribution in [0, 0.1) is 13.8 Å². The van der Waals surface area contributed by atoms with Crippen LogP contribution in [0.4, 0.5) is 0 Å². The number of hydrogen-bond donors (Lipinski definition) is 0. The SMILES string of the molecule is C=CCn1c(SCC(=O)c2cc(C)n(-c3ccccc3)c2C)nnc1-c1ccc(Cl)cc1. The molecular weight excluding hydrogens is 440 g/mol. The van der Waals surface area contributed by atoms with Crippen molar-refractivity contribution in [3.63, 3.8) is 0 Å². The molecule has 2 aromatic heterocycles. The summed E-state index contributed by atoms with van der Waals surface area (Å²) < 4.78 is 4.07. The second kappa shape index (κ2) is 9.59. The van der Waals surface area contributed by atoms with Crippen LogP contribution in [0.25, 0.3) is 17.1 Å². The first-order valence-corrected chi connectivity index (χ1v) is 11.6. The molecule has 2 aromatic carbocycles. The van der Waals surface area contributed by atoms with E-state index in [4.69, 9.17) is 11.6 Å². The second-order valence-corrected chi connectivity index (χ2v) is 8.76. The lowest BCUT2D eigenvalue weighted by Gasteiger charge is -2.10. The second-order valence-electron chi connectivity index (χ2n) is 7.38. The fourth-order valence-corrected chi connectivity index (χ4v) is 4.69. The summed E-state index contributed by atoms with van der Waals surface area (Å²) in [6, 6.07) is 19.5. The number of aromatic nitrogens is 4. The number of benzene rings is 2. The molecule has 0 aliphatic heterocycles. The molecule has 0 N–H and O–H groups in total. The van der Waals surface area contributed by atoms with Crippen LogP contribution in [0.3, 0.4) is 0 Å². The van der Waals surface area contributed by atoms with Crippen LogP contribution in [0.2, 0.25) is 5.02 Å². The van der Waals surface area contributed by atoms with E-state index >= 15 is 0 Å². The fraction of sp³-hybridized carbons (Fsp3) is 0.160. The van der Waals surface area contributed by atoms with Crippen molar-refractivity contribution < 1.29 is 4.79 Å². The van der Waals surface area contributed by atoms with E-state index in [0.717, 1.165) is 34.0 Å². The van der Waals surface area contributed by atoms with Crippen LogP contribution in [0.5, 0.6) is 0 Å². The molecule has 0 spiro atoms. The van der Waals surface area contributed by atoms with Crippen molar-refractivity contribution in [2.24, 2.45) is 0 Å². The number of aryl methyl sites for hydroxylation is 1. The smallest absolute Gasteiger partial charge is 0.192 e. The van der Waals surface area contributed by atoms with E-state index in [1.54, 1.807) is 6.08 Å². The minimum Gasteiger partial charge on any atom is -0.318 e. The highest BCUT2D eigenvalue weighted by Gasteiger charge is 2.19. The Hall–Kier alpha value is -3.09. The molecule has 162 valence electrons. The van der Waals surface area contributed by atoms with Gasteiger partial charge >= 0.3 is 0 Å². The highest BCUT2D eigenvalue weighted by atomic mass is 35.5. The van der Waals surface area contributed by atoms with Crippen LogP contribution in [-0.4, -0.2) is 30.9 Å². The molecule has 0 saturated carbocycles. The Morgan fingerprint density at radius 2 is 1.81 bits per heavy atom. The van der Waals surface area contributed by atoms with E-state index in [2.05, 4.69) is 21.3 Å². The Bertz CT molecular complexity index is 1260. The molecule has 0 unspecified atom stereocenters. The summed E-state index contributed by atoms with van der Waals surface area (Å²) in [6.07, 6.45) is 1.79. The lowest BCUT2D eigenvalue weighted by atomic mass is 10.2. The molecule has 2 heterocycles. The molecule has 32 heavy (non-hydrogen) atoms. The first kappa shape index (κ1) is 22.1. The average molecular weight is 463 g/mol. The monoisotopic (exact) mass is 462 g/mol. The number of hydrogen-bond acceptors (Lipinski definition) is 4. The van der Waals surface area contributed by atoms with Gasteiger partial charge in [-0.05, 0) is 56.3 Å². The average Bonchev–Trinajstić information content (AvgIpc) is 3.33. The van der Waals surface area contributed by atoms with Crippen LogP contribution in [0.15, 0.2) is 78.5 Å². The number of rotatable bonds is 8. The first-order valence-electron chi connectivity index (χ1n) is 10.2. The van der Waals surface area contributed by atoms with Gasteiger partial charge in [0.15, 0.2) is 16.8 Å². The van der Waals surface area contributed by atoms with E-state index in [1.165, 1.54) is 11.8 Å². The fourth-order valence-electron chi connectivity index (χ4n) is 3.73. The Morgan fingerprint density at radius 3 is 2.50 bits per heavy atom. The van der Waals surface area contributed by atoms with Crippen molar-refractivity contribution >= 4 is 29.1 Å². The van der Waals surface area contributed by atoms with Gasteiger partial charge in [0.1, 0.15) is 0 Å². The Labute approximate surface area is 196 Å². The predicted octanol–water partition coefficient (Wildman–Crippen LogP) is 6.17. The molecule has 5 nitrogen and oxygen atoms in total. The summed E-state index contributed by atoms with van der Waals surface area (Å²) in [5.74, 6) is 1.06. The topological polar surface area (TPSA) is 52.7 Å². The maximum atomic E-state index is 13.1. The molecule has 0 saturated heterocycles. The van der Waals surface area contributed by atoms with Gasteiger partial charge in [-0.3, -0.25) is 9.36 Å². The van der Waals surface area contributed by atoms with Gasteiger partial charge in [0.05, 0.1) is 5.75 Å². The number of allylic oxidation sites excluding steroid dienone is 1. The Kier molecular flexibility index (Phi) is 6.63. The number of ketones is 1. The lowest BCUT2D eigenvalue weighted by molar-refractivity contribution is 0.102. The molecule has 4 rings (SSSR count). The van der Waals surface area contributed by atoms with E-state index in [9.17, 15) is 4.79 Å². The number of Topliss-reactive ketones (excluding diaryl/α,β-unsaturated/α-hetero) is 1. The van der Waals surface area contributed by atoms with Crippen LogP contribution < -0.4 is 0 Å². The quantitative estimate of drug-likeness (QED) is 0.178. The molecule has 0 fully saturated rings. The number of carbonyl (C=O) groups is 1. The summed E-state index contributed by atoms with van der Waals surface area (Å²) in [7, 11) is 0. The van der Waals surface area contributed by atoms with Gasteiger partial charge in [-0.2, -0.15) is 0 Å². The third kappa shape index (κ3) is 4.42. The largest absolute Gasteiger partial charge is 0.318 e. The third-order valence-electron chi connectivity index (χ3n) is 5.21. The van der Waals surface area contributed by atoms with Gasteiger partial charge < -0.3 is 4.57 Å². The van der Waals surface area contributed by atoms with Crippen molar-refractivity contribution in [1.29, 1.82) is 0 Å². The molecule has 7 heteroatoms. The van der Waals surface area contributed by atoms with Gasteiger partial charge in [-0.1, -0.05) is 47.6 Å². The number of thioether (sulfide) groups is 1. The number of carbonyl (C=O) groups excluding carboxylic acids is 1. The molecule has 0 atom stereocenters. The summed E-state index contributed by atoms with van der Waals surface area (Å²) >= 11 is 7.40. The minimum atomic E-state index is 0.0616. The van der Waals surface area contributed by atoms with E-state index in [0.29, 0.717) is 16.7 Å². The van der Waals surface area contributed by atoms with Crippen molar-refractivity contribution in [3.8, 4) is 17.1 Å². The molecule has 4 aromatic rings. The molecule has 0 bridgehead atoms. The summed E-state index contributed by atoms with van der Waals surface area (Å²) in [5, 5.41) is 10.0. The Balaban J connectivity index is 1.56. The van der Waals surface area contributed by atoms with E-state index in [1.807, 2.05) is 79.1 Å². The third-order valence-corrected chi connectivity index (χ3v) is 6.43. The number of halogens is 1. The van der Waals surface area contributed by atoms with E-state index < -0.39 is 0 Å². The minimum absolute atomic E-state index is 0.0616. The summed E-state index contributed by atoms with van der Waals surface area (Å²) in [6.45, 7) is 8.39. The van der Waals surface area contributed by atoms with Crippen LogP contribution in [0.1, 0.15) is 21.7 Å². The van der Waals surface area contributed by atoms with Gasteiger partial charge in [0.25, 0.3) is 0 Å². The lowest BCUT2D eigenvalue weighted by Crippen LogP contribution is -2.07.